The van der Waals surface area contributed by atoms with E-state index in [9.17, 15) is 4.79 Å². The second kappa shape index (κ2) is 17.8. The fraction of sp³-hybridized carbons (Fsp3) is 0.950. The Bertz CT molecular complexity index is 253. The van der Waals surface area contributed by atoms with Crippen LogP contribution in [-0.2, 0) is 9.53 Å². The van der Waals surface area contributed by atoms with Gasteiger partial charge in [0.25, 0.3) is 0 Å². The molecule has 0 amide bonds. The Kier molecular flexibility index (Phi) is 17.3. The molecule has 0 fully saturated rings. The normalized spacial score (nSPS) is 12.4. The first kappa shape index (κ1) is 22.4. The van der Waals surface area contributed by atoms with E-state index in [1.165, 1.54) is 77.0 Å². The van der Waals surface area contributed by atoms with Gasteiger partial charge in [-0.15, -0.1) is 0 Å². The van der Waals surface area contributed by atoms with Crippen molar-refractivity contribution in [2.24, 2.45) is 0 Å². The van der Waals surface area contributed by atoms with Gasteiger partial charge in [0.15, 0.2) is 6.10 Å². The average Bonchev–Trinajstić information content (AvgIpc) is 2.54. The maximum Gasteiger partial charge on any atom is 0.332 e. The number of carbonyl (C=O) groups is 1. The number of rotatable bonds is 18. The third-order valence-electron chi connectivity index (χ3n) is 4.46. The smallest absolute Gasteiger partial charge is 0.332 e. The third-order valence-corrected chi connectivity index (χ3v) is 4.46. The van der Waals surface area contributed by atoms with Gasteiger partial charge in [0, 0.05) is 6.61 Å². The molecule has 1 unspecified atom stereocenters. The summed E-state index contributed by atoms with van der Waals surface area (Å²) in [4.78, 5) is 10.9. The standard InChI is InChI=1S/C20H40O3/c1-3-5-6-7-8-9-10-11-12-13-14-15-16-17-18-19(20(21)22)23-4-2/h19H,3-18H2,1-2H3,(H,21,22). The van der Waals surface area contributed by atoms with Crippen molar-refractivity contribution in [2.75, 3.05) is 6.61 Å². The zero-order chi connectivity index (χ0) is 17.2. The first-order valence-corrected chi connectivity index (χ1v) is 10.1. The Morgan fingerprint density at radius 2 is 1.13 bits per heavy atom. The fourth-order valence-electron chi connectivity index (χ4n) is 3.00. The fourth-order valence-corrected chi connectivity index (χ4v) is 3.00. The number of carboxylic acids is 1. The van der Waals surface area contributed by atoms with Crippen LogP contribution in [0.4, 0.5) is 0 Å². The van der Waals surface area contributed by atoms with Crippen LogP contribution in [0.15, 0.2) is 0 Å². The van der Waals surface area contributed by atoms with Crippen molar-refractivity contribution >= 4 is 5.97 Å². The highest BCUT2D eigenvalue weighted by Crippen LogP contribution is 2.14. The molecule has 1 N–H and O–H groups in total. The Labute approximate surface area is 144 Å². The number of carboxylic acid groups (broad SMARTS) is 1. The highest BCUT2D eigenvalue weighted by atomic mass is 16.5. The second-order valence-electron chi connectivity index (χ2n) is 6.67. The lowest BCUT2D eigenvalue weighted by molar-refractivity contribution is -0.150. The predicted octanol–water partition coefficient (Wildman–Crippen LogP) is 6.35. The van der Waals surface area contributed by atoms with Crippen LogP contribution in [0.5, 0.6) is 0 Å². The number of hydrogen-bond acceptors (Lipinski definition) is 2. The molecule has 0 heterocycles. The van der Waals surface area contributed by atoms with Crippen molar-refractivity contribution in [1.29, 1.82) is 0 Å². The average molecular weight is 329 g/mol. The topological polar surface area (TPSA) is 46.5 Å². The van der Waals surface area contributed by atoms with Crippen molar-refractivity contribution in [1.82, 2.24) is 0 Å². The van der Waals surface area contributed by atoms with E-state index in [4.69, 9.17) is 9.84 Å². The van der Waals surface area contributed by atoms with E-state index in [1.54, 1.807) is 0 Å². The van der Waals surface area contributed by atoms with Gasteiger partial charge in [-0.05, 0) is 13.3 Å². The van der Waals surface area contributed by atoms with Crippen LogP contribution in [0.2, 0.25) is 0 Å². The van der Waals surface area contributed by atoms with Gasteiger partial charge in [-0.3, -0.25) is 0 Å². The maximum atomic E-state index is 10.9. The summed E-state index contributed by atoms with van der Waals surface area (Å²) in [6, 6.07) is 0. The third kappa shape index (κ3) is 16.1. The summed E-state index contributed by atoms with van der Waals surface area (Å²) in [7, 11) is 0. The first-order chi connectivity index (χ1) is 11.2. The van der Waals surface area contributed by atoms with Gasteiger partial charge in [0.2, 0.25) is 0 Å². The number of unbranched alkanes of at least 4 members (excludes halogenated alkanes) is 13. The quantitative estimate of drug-likeness (QED) is 0.298. The molecule has 0 aromatic carbocycles. The van der Waals surface area contributed by atoms with E-state index in [0.717, 1.165) is 12.8 Å². The predicted molar refractivity (Wildman–Crippen MR) is 98.0 cm³/mol. The second-order valence-corrected chi connectivity index (χ2v) is 6.67. The van der Waals surface area contributed by atoms with E-state index in [2.05, 4.69) is 6.92 Å². The van der Waals surface area contributed by atoms with Crippen LogP contribution in [0.1, 0.15) is 110 Å². The molecule has 0 aliphatic carbocycles. The molecule has 0 aromatic rings. The van der Waals surface area contributed by atoms with Gasteiger partial charge < -0.3 is 9.84 Å². The molecule has 0 aromatic heterocycles. The zero-order valence-corrected chi connectivity index (χ0v) is 15.7. The summed E-state index contributed by atoms with van der Waals surface area (Å²) in [5.41, 5.74) is 0. The molecule has 0 bridgehead atoms. The zero-order valence-electron chi connectivity index (χ0n) is 15.7. The van der Waals surface area contributed by atoms with Gasteiger partial charge in [0.1, 0.15) is 0 Å². The molecule has 23 heavy (non-hydrogen) atoms. The molecule has 0 rings (SSSR count). The van der Waals surface area contributed by atoms with Crippen molar-refractivity contribution < 1.29 is 14.6 Å². The summed E-state index contributed by atoms with van der Waals surface area (Å²) >= 11 is 0. The summed E-state index contributed by atoms with van der Waals surface area (Å²) < 4.78 is 5.22. The largest absolute Gasteiger partial charge is 0.479 e. The summed E-state index contributed by atoms with van der Waals surface area (Å²) in [6.45, 7) is 4.60. The molecule has 1 atom stereocenters. The Morgan fingerprint density at radius 3 is 1.48 bits per heavy atom. The van der Waals surface area contributed by atoms with Gasteiger partial charge >= 0.3 is 5.97 Å². The van der Waals surface area contributed by atoms with Crippen molar-refractivity contribution in [3.63, 3.8) is 0 Å². The number of ether oxygens (including phenoxy) is 1. The molecular formula is C20H40O3. The van der Waals surface area contributed by atoms with E-state index in [1.807, 2.05) is 6.92 Å². The Balaban J connectivity index is 3.20. The highest BCUT2D eigenvalue weighted by Gasteiger charge is 2.16. The molecule has 3 heteroatoms. The van der Waals surface area contributed by atoms with Crippen molar-refractivity contribution in [2.45, 2.75) is 116 Å². The van der Waals surface area contributed by atoms with Crippen LogP contribution in [-0.4, -0.2) is 23.8 Å². The van der Waals surface area contributed by atoms with E-state index in [-0.39, 0.29) is 0 Å². The molecule has 3 nitrogen and oxygen atoms in total. The minimum atomic E-state index is -0.818. The van der Waals surface area contributed by atoms with E-state index < -0.39 is 12.1 Å². The van der Waals surface area contributed by atoms with Gasteiger partial charge in [0.05, 0.1) is 0 Å². The lowest BCUT2D eigenvalue weighted by Crippen LogP contribution is -2.23. The maximum absolute atomic E-state index is 10.9. The monoisotopic (exact) mass is 328 g/mol. The highest BCUT2D eigenvalue weighted by molar-refractivity contribution is 5.72. The molecule has 138 valence electrons. The van der Waals surface area contributed by atoms with Crippen LogP contribution in [0.3, 0.4) is 0 Å². The molecule has 0 radical (unpaired) electrons. The van der Waals surface area contributed by atoms with E-state index in [0.29, 0.717) is 13.0 Å². The lowest BCUT2D eigenvalue weighted by Gasteiger charge is -2.11. The van der Waals surface area contributed by atoms with E-state index >= 15 is 0 Å². The minimum absolute atomic E-state index is 0.482. The number of hydrogen-bond donors (Lipinski definition) is 1. The van der Waals surface area contributed by atoms with Gasteiger partial charge in [-0.25, -0.2) is 4.79 Å². The Morgan fingerprint density at radius 1 is 0.739 bits per heavy atom. The molecule has 0 saturated carbocycles. The van der Waals surface area contributed by atoms with Crippen molar-refractivity contribution in [3.8, 4) is 0 Å². The molecule has 0 spiro atoms. The molecule has 0 saturated heterocycles. The van der Waals surface area contributed by atoms with Crippen LogP contribution < -0.4 is 0 Å². The van der Waals surface area contributed by atoms with Crippen molar-refractivity contribution in [3.05, 3.63) is 0 Å². The summed E-state index contributed by atoms with van der Waals surface area (Å²) in [5.74, 6) is -0.818. The molecule has 0 aliphatic rings. The molecular weight excluding hydrogens is 288 g/mol. The Hall–Kier alpha value is -0.570. The van der Waals surface area contributed by atoms with Crippen LogP contribution >= 0.6 is 0 Å². The van der Waals surface area contributed by atoms with Crippen LogP contribution in [0, 0.1) is 0 Å². The number of aliphatic carboxylic acids is 1. The van der Waals surface area contributed by atoms with Gasteiger partial charge in [-0.1, -0.05) is 96.8 Å². The minimum Gasteiger partial charge on any atom is -0.479 e. The SMILES string of the molecule is CCCCCCCCCCCCCCCCC(OCC)C(=O)O. The van der Waals surface area contributed by atoms with Gasteiger partial charge in [-0.2, -0.15) is 0 Å². The van der Waals surface area contributed by atoms with Crippen LogP contribution in [0.25, 0.3) is 0 Å². The first-order valence-electron chi connectivity index (χ1n) is 10.1. The lowest BCUT2D eigenvalue weighted by atomic mass is 10.0. The summed E-state index contributed by atoms with van der Waals surface area (Å²) in [5, 5.41) is 8.98. The summed E-state index contributed by atoms with van der Waals surface area (Å²) in [6.07, 6.45) is 18.6. The molecule has 0 aliphatic heterocycles.